The van der Waals surface area contributed by atoms with Crippen LogP contribution in [-0.4, -0.2) is 54.8 Å². The molecule has 1 N–H and O–H groups in total. The minimum atomic E-state index is -0.439. The van der Waals surface area contributed by atoms with Gasteiger partial charge in [0.2, 0.25) is 0 Å². The standard InChI is InChI=1S/C16H26N4O2/c1-16(2,3)22-15(21)20-10-13(11-20)18-9-12-7-6-8-17-14(12)19(4)5/h6-8,13,18H,9-11H2,1-5H3. The molecule has 0 aliphatic carbocycles. The number of likely N-dealkylation sites (tertiary alicyclic amines) is 1. The lowest BCUT2D eigenvalue weighted by atomic mass is 10.1. The maximum atomic E-state index is 11.9. The molecule has 0 atom stereocenters. The predicted molar refractivity (Wildman–Crippen MR) is 87.0 cm³/mol. The summed E-state index contributed by atoms with van der Waals surface area (Å²) in [5.74, 6) is 0.971. The Hall–Kier alpha value is -1.82. The Morgan fingerprint density at radius 3 is 2.73 bits per heavy atom. The second kappa shape index (κ2) is 6.52. The summed E-state index contributed by atoms with van der Waals surface area (Å²) >= 11 is 0. The average Bonchev–Trinajstić information content (AvgIpc) is 2.34. The molecule has 1 aliphatic rings. The quantitative estimate of drug-likeness (QED) is 0.920. The summed E-state index contributed by atoms with van der Waals surface area (Å²) in [4.78, 5) is 20.0. The molecule has 0 saturated carbocycles. The Bertz CT molecular complexity index is 519. The van der Waals surface area contributed by atoms with E-state index in [0.29, 0.717) is 19.1 Å². The van der Waals surface area contributed by atoms with Gasteiger partial charge in [-0.3, -0.25) is 0 Å². The van der Waals surface area contributed by atoms with Gasteiger partial charge in [0.05, 0.1) is 0 Å². The van der Waals surface area contributed by atoms with Crippen LogP contribution in [0.15, 0.2) is 18.3 Å². The van der Waals surface area contributed by atoms with E-state index in [4.69, 9.17) is 4.74 Å². The number of carbonyl (C=O) groups is 1. The van der Waals surface area contributed by atoms with Gasteiger partial charge in [-0.1, -0.05) is 6.07 Å². The molecule has 0 radical (unpaired) electrons. The van der Waals surface area contributed by atoms with Crippen LogP contribution >= 0.6 is 0 Å². The average molecular weight is 306 g/mol. The van der Waals surface area contributed by atoms with Gasteiger partial charge in [-0.05, 0) is 26.8 Å². The number of hydrogen-bond donors (Lipinski definition) is 1. The molecule has 1 amide bonds. The number of rotatable bonds is 4. The number of nitrogens with zero attached hydrogens (tertiary/aromatic N) is 3. The van der Waals surface area contributed by atoms with Crippen molar-refractivity contribution in [3.63, 3.8) is 0 Å². The topological polar surface area (TPSA) is 57.7 Å². The maximum absolute atomic E-state index is 11.9. The fraction of sp³-hybridized carbons (Fsp3) is 0.625. The van der Waals surface area contributed by atoms with Gasteiger partial charge in [0.25, 0.3) is 0 Å². The molecule has 0 aromatic carbocycles. The van der Waals surface area contributed by atoms with E-state index in [1.807, 2.05) is 45.8 Å². The van der Waals surface area contributed by atoms with Gasteiger partial charge in [0.15, 0.2) is 0 Å². The Morgan fingerprint density at radius 1 is 1.45 bits per heavy atom. The maximum Gasteiger partial charge on any atom is 0.410 e. The molecule has 22 heavy (non-hydrogen) atoms. The van der Waals surface area contributed by atoms with Crippen LogP contribution in [0.25, 0.3) is 0 Å². The molecule has 1 aromatic heterocycles. The van der Waals surface area contributed by atoms with Gasteiger partial charge in [0, 0.05) is 51.5 Å². The molecule has 1 aromatic rings. The highest BCUT2D eigenvalue weighted by Gasteiger charge is 2.33. The zero-order valence-corrected chi connectivity index (χ0v) is 14.1. The molecule has 1 aliphatic heterocycles. The van der Waals surface area contributed by atoms with Crippen molar-refractivity contribution in [1.82, 2.24) is 15.2 Å². The summed E-state index contributed by atoms with van der Waals surface area (Å²) in [5, 5.41) is 3.46. The number of amides is 1. The second-order valence-electron chi connectivity index (χ2n) is 6.84. The number of ether oxygens (including phenoxy) is 1. The van der Waals surface area contributed by atoms with Gasteiger partial charge in [0.1, 0.15) is 11.4 Å². The number of carbonyl (C=O) groups excluding carboxylic acids is 1. The van der Waals surface area contributed by atoms with Crippen LogP contribution in [0.4, 0.5) is 10.6 Å². The van der Waals surface area contributed by atoms with Gasteiger partial charge in [-0.2, -0.15) is 0 Å². The third-order valence-electron chi connectivity index (χ3n) is 3.41. The normalized spacial score (nSPS) is 15.4. The summed E-state index contributed by atoms with van der Waals surface area (Å²) in [7, 11) is 3.97. The van der Waals surface area contributed by atoms with Gasteiger partial charge < -0.3 is 19.9 Å². The fourth-order valence-corrected chi connectivity index (χ4v) is 2.31. The van der Waals surface area contributed by atoms with Crippen LogP contribution in [0.1, 0.15) is 26.3 Å². The molecule has 0 spiro atoms. The Balaban J connectivity index is 1.78. The zero-order valence-electron chi connectivity index (χ0n) is 14.1. The highest BCUT2D eigenvalue weighted by molar-refractivity contribution is 5.69. The monoisotopic (exact) mass is 306 g/mol. The van der Waals surface area contributed by atoms with E-state index in [2.05, 4.69) is 16.4 Å². The first kappa shape index (κ1) is 16.5. The summed E-state index contributed by atoms with van der Waals surface area (Å²) in [6, 6.07) is 4.32. The molecular weight excluding hydrogens is 280 g/mol. The van der Waals surface area contributed by atoms with E-state index in [9.17, 15) is 4.79 Å². The van der Waals surface area contributed by atoms with Crippen LogP contribution in [0.5, 0.6) is 0 Å². The molecule has 2 heterocycles. The first-order valence-corrected chi connectivity index (χ1v) is 7.59. The van der Waals surface area contributed by atoms with Crippen molar-refractivity contribution in [3.8, 4) is 0 Å². The Labute approximate surface area is 132 Å². The number of aromatic nitrogens is 1. The van der Waals surface area contributed by atoms with Crippen molar-refractivity contribution in [1.29, 1.82) is 0 Å². The van der Waals surface area contributed by atoms with E-state index in [-0.39, 0.29) is 6.09 Å². The van der Waals surface area contributed by atoms with Crippen LogP contribution in [0, 0.1) is 0 Å². The number of nitrogens with one attached hydrogen (secondary N) is 1. The lowest BCUT2D eigenvalue weighted by Crippen LogP contribution is -2.60. The summed E-state index contributed by atoms with van der Waals surface area (Å²) < 4.78 is 5.35. The molecule has 2 rings (SSSR count). The van der Waals surface area contributed by atoms with Crippen LogP contribution < -0.4 is 10.2 Å². The van der Waals surface area contributed by atoms with Crippen molar-refractivity contribution >= 4 is 11.9 Å². The van der Waals surface area contributed by atoms with Crippen LogP contribution in [-0.2, 0) is 11.3 Å². The van der Waals surface area contributed by atoms with Crippen LogP contribution in [0.2, 0.25) is 0 Å². The van der Waals surface area contributed by atoms with Gasteiger partial charge in [-0.15, -0.1) is 0 Å². The SMILES string of the molecule is CN(C)c1ncccc1CNC1CN(C(=O)OC(C)(C)C)C1. The molecule has 122 valence electrons. The molecular formula is C16H26N4O2. The van der Waals surface area contributed by atoms with Crippen molar-refractivity contribution in [2.75, 3.05) is 32.1 Å². The van der Waals surface area contributed by atoms with Gasteiger partial charge >= 0.3 is 6.09 Å². The first-order valence-electron chi connectivity index (χ1n) is 7.59. The largest absolute Gasteiger partial charge is 0.444 e. The number of anilines is 1. The fourth-order valence-electron chi connectivity index (χ4n) is 2.31. The first-order chi connectivity index (χ1) is 10.3. The van der Waals surface area contributed by atoms with E-state index in [0.717, 1.165) is 17.9 Å². The van der Waals surface area contributed by atoms with E-state index in [1.165, 1.54) is 0 Å². The molecule has 0 unspecified atom stereocenters. The Kier molecular flexibility index (Phi) is 4.90. The third kappa shape index (κ3) is 4.34. The van der Waals surface area contributed by atoms with Crippen LogP contribution in [0.3, 0.4) is 0 Å². The van der Waals surface area contributed by atoms with E-state index >= 15 is 0 Å². The molecule has 1 fully saturated rings. The highest BCUT2D eigenvalue weighted by Crippen LogP contribution is 2.17. The molecule has 1 saturated heterocycles. The zero-order chi connectivity index (χ0) is 16.3. The predicted octanol–water partition coefficient (Wildman–Crippen LogP) is 1.86. The van der Waals surface area contributed by atoms with Gasteiger partial charge in [-0.25, -0.2) is 9.78 Å². The number of hydrogen-bond acceptors (Lipinski definition) is 5. The van der Waals surface area contributed by atoms with Crippen molar-refractivity contribution in [2.45, 2.75) is 39.0 Å². The van der Waals surface area contributed by atoms with Crippen molar-refractivity contribution < 1.29 is 9.53 Å². The lowest BCUT2D eigenvalue weighted by Gasteiger charge is -2.40. The van der Waals surface area contributed by atoms with Crippen molar-refractivity contribution in [3.05, 3.63) is 23.9 Å². The Morgan fingerprint density at radius 2 is 2.14 bits per heavy atom. The molecule has 6 nitrogen and oxygen atoms in total. The second-order valence-corrected chi connectivity index (χ2v) is 6.84. The number of pyridine rings is 1. The lowest BCUT2D eigenvalue weighted by molar-refractivity contribution is 0.00519. The minimum Gasteiger partial charge on any atom is -0.444 e. The molecule has 6 heteroatoms. The van der Waals surface area contributed by atoms with E-state index in [1.54, 1.807) is 11.1 Å². The van der Waals surface area contributed by atoms with Crippen molar-refractivity contribution in [2.24, 2.45) is 0 Å². The third-order valence-corrected chi connectivity index (χ3v) is 3.41. The summed E-state index contributed by atoms with van der Waals surface area (Å²) in [6.45, 7) is 7.76. The molecule has 0 bridgehead atoms. The minimum absolute atomic E-state index is 0.235. The summed E-state index contributed by atoms with van der Waals surface area (Å²) in [5.41, 5.74) is 0.717. The highest BCUT2D eigenvalue weighted by atomic mass is 16.6. The smallest absolute Gasteiger partial charge is 0.410 e. The summed E-state index contributed by atoms with van der Waals surface area (Å²) in [6.07, 6.45) is 1.56. The van der Waals surface area contributed by atoms with E-state index < -0.39 is 5.60 Å².